The number of aromatic nitrogens is 4. The molecule has 1 aliphatic rings. The van der Waals surface area contributed by atoms with Gasteiger partial charge < -0.3 is 4.90 Å². The zero-order chi connectivity index (χ0) is 13.9. The Morgan fingerprint density at radius 3 is 2.95 bits per heavy atom. The maximum Gasteiger partial charge on any atom is 0.195 e. The van der Waals surface area contributed by atoms with Crippen molar-refractivity contribution >= 4 is 17.9 Å². The molecule has 20 heavy (non-hydrogen) atoms. The quantitative estimate of drug-likeness (QED) is 0.694. The largest absolute Gasteiger partial charge is 0.371 e. The standard InChI is InChI=1S/C14H17N5S/c1-2-7-19-13(16-17-14(19)20)12-10-11(5-6-15-12)18-8-3-4-9-18/h2,5-6,10H,1,3-4,7-9H2,(H,17,20). The number of hydrogen-bond acceptors (Lipinski definition) is 4. The molecule has 104 valence electrons. The number of H-pyrrole nitrogens is 1. The fourth-order valence-electron chi connectivity index (χ4n) is 2.53. The number of aromatic amines is 1. The maximum absolute atomic E-state index is 5.24. The second kappa shape index (κ2) is 5.58. The second-order valence-electron chi connectivity index (χ2n) is 4.85. The minimum atomic E-state index is 0.591. The summed E-state index contributed by atoms with van der Waals surface area (Å²) in [4.78, 5) is 6.81. The molecular formula is C14H17N5S. The van der Waals surface area contributed by atoms with Crippen molar-refractivity contribution in [3.63, 3.8) is 0 Å². The molecule has 3 heterocycles. The van der Waals surface area contributed by atoms with Crippen molar-refractivity contribution in [3.8, 4) is 11.5 Å². The highest BCUT2D eigenvalue weighted by atomic mass is 32.1. The first-order valence-electron chi connectivity index (χ1n) is 6.77. The molecule has 2 aromatic rings. The smallest absolute Gasteiger partial charge is 0.195 e. The van der Waals surface area contributed by atoms with E-state index in [4.69, 9.17) is 12.2 Å². The first-order valence-corrected chi connectivity index (χ1v) is 7.18. The topological polar surface area (TPSA) is 49.7 Å². The van der Waals surface area contributed by atoms with E-state index < -0.39 is 0 Å². The van der Waals surface area contributed by atoms with E-state index in [0.29, 0.717) is 11.3 Å². The van der Waals surface area contributed by atoms with Crippen LogP contribution in [0.15, 0.2) is 31.0 Å². The van der Waals surface area contributed by atoms with Crippen LogP contribution in [0.4, 0.5) is 5.69 Å². The summed E-state index contributed by atoms with van der Waals surface area (Å²) < 4.78 is 2.49. The third-order valence-electron chi connectivity index (χ3n) is 3.51. The van der Waals surface area contributed by atoms with Gasteiger partial charge in [-0.3, -0.25) is 14.6 Å². The van der Waals surface area contributed by atoms with Crippen LogP contribution in [0.5, 0.6) is 0 Å². The molecule has 0 bridgehead atoms. The van der Waals surface area contributed by atoms with E-state index in [1.54, 1.807) is 6.08 Å². The molecule has 0 unspecified atom stereocenters. The Bertz CT molecular complexity index is 666. The number of hydrogen-bond donors (Lipinski definition) is 1. The SMILES string of the molecule is C=CCn1c(-c2cc(N3CCCC3)ccn2)n[nH]c1=S. The van der Waals surface area contributed by atoms with E-state index in [0.717, 1.165) is 24.6 Å². The lowest BCUT2D eigenvalue weighted by atomic mass is 10.3. The fraction of sp³-hybridized carbons (Fsp3) is 0.357. The van der Waals surface area contributed by atoms with E-state index in [1.165, 1.54) is 18.5 Å². The van der Waals surface area contributed by atoms with Gasteiger partial charge in [-0.25, -0.2) is 0 Å². The minimum Gasteiger partial charge on any atom is -0.371 e. The third-order valence-corrected chi connectivity index (χ3v) is 3.83. The van der Waals surface area contributed by atoms with Gasteiger partial charge in [0, 0.05) is 31.5 Å². The zero-order valence-corrected chi connectivity index (χ0v) is 12.1. The van der Waals surface area contributed by atoms with Gasteiger partial charge in [0.25, 0.3) is 0 Å². The van der Waals surface area contributed by atoms with Crippen LogP contribution in [0.25, 0.3) is 11.5 Å². The Hall–Kier alpha value is -1.95. The fourth-order valence-corrected chi connectivity index (χ4v) is 2.73. The van der Waals surface area contributed by atoms with Crippen molar-refractivity contribution in [2.24, 2.45) is 0 Å². The number of nitrogens with one attached hydrogen (secondary N) is 1. The Morgan fingerprint density at radius 2 is 2.20 bits per heavy atom. The molecule has 1 saturated heterocycles. The normalized spacial score (nSPS) is 14.7. The van der Waals surface area contributed by atoms with Crippen LogP contribution in [-0.2, 0) is 6.54 Å². The number of nitrogens with zero attached hydrogens (tertiary/aromatic N) is 4. The summed E-state index contributed by atoms with van der Waals surface area (Å²) in [7, 11) is 0. The molecule has 5 nitrogen and oxygen atoms in total. The molecule has 1 aliphatic heterocycles. The molecule has 1 N–H and O–H groups in total. The summed E-state index contributed by atoms with van der Waals surface area (Å²) in [5, 5.41) is 7.11. The molecule has 0 aliphatic carbocycles. The molecule has 3 rings (SSSR count). The van der Waals surface area contributed by atoms with Crippen LogP contribution in [0.1, 0.15) is 12.8 Å². The van der Waals surface area contributed by atoms with Gasteiger partial charge in [-0.05, 0) is 37.2 Å². The van der Waals surface area contributed by atoms with Crippen LogP contribution < -0.4 is 4.90 Å². The number of rotatable bonds is 4. The monoisotopic (exact) mass is 287 g/mol. The Balaban J connectivity index is 1.99. The van der Waals surface area contributed by atoms with Crippen LogP contribution in [0, 0.1) is 4.77 Å². The first kappa shape index (κ1) is 13.1. The molecular weight excluding hydrogens is 270 g/mol. The van der Waals surface area contributed by atoms with Gasteiger partial charge in [-0.1, -0.05) is 6.08 Å². The van der Waals surface area contributed by atoms with E-state index >= 15 is 0 Å². The number of allylic oxidation sites excluding steroid dienone is 1. The first-order chi connectivity index (χ1) is 9.79. The highest BCUT2D eigenvalue weighted by molar-refractivity contribution is 7.71. The van der Waals surface area contributed by atoms with E-state index in [2.05, 4.69) is 32.7 Å². The summed E-state index contributed by atoms with van der Waals surface area (Å²) in [5.74, 6) is 0.760. The van der Waals surface area contributed by atoms with Gasteiger partial charge in [0.2, 0.25) is 0 Å². The van der Waals surface area contributed by atoms with Gasteiger partial charge in [0.15, 0.2) is 10.6 Å². The van der Waals surface area contributed by atoms with Crippen LogP contribution >= 0.6 is 12.2 Å². The summed E-state index contributed by atoms with van der Waals surface area (Å²) in [5.41, 5.74) is 2.04. The van der Waals surface area contributed by atoms with Crippen LogP contribution in [0.2, 0.25) is 0 Å². The Kier molecular flexibility index (Phi) is 3.64. The van der Waals surface area contributed by atoms with E-state index in [9.17, 15) is 0 Å². The van der Waals surface area contributed by atoms with Gasteiger partial charge >= 0.3 is 0 Å². The molecule has 1 fully saturated rings. The third kappa shape index (κ3) is 2.38. The predicted octanol–water partition coefficient (Wildman–Crippen LogP) is 2.79. The molecule has 0 amide bonds. The highest BCUT2D eigenvalue weighted by Crippen LogP contribution is 2.24. The van der Waals surface area contributed by atoms with Gasteiger partial charge in [0.1, 0.15) is 5.69 Å². The molecule has 2 aromatic heterocycles. The molecule has 0 atom stereocenters. The molecule has 6 heteroatoms. The lowest BCUT2D eigenvalue weighted by Gasteiger charge is -2.17. The second-order valence-corrected chi connectivity index (χ2v) is 5.23. The average molecular weight is 287 g/mol. The lowest BCUT2D eigenvalue weighted by Crippen LogP contribution is -2.17. The van der Waals surface area contributed by atoms with E-state index in [1.807, 2.05) is 16.8 Å². The Morgan fingerprint density at radius 1 is 1.40 bits per heavy atom. The van der Waals surface area contributed by atoms with Crippen LogP contribution in [-0.4, -0.2) is 32.8 Å². The number of pyridine rings is 1. The predicted molar refractivity (Wildman–Crippen MR) is 82.3 cm³/mol. The van der Waals surface area contributed by atoms with Crippen molar-refractivity contribution in [3.05, 3.63) is 35.8 Å². The van der Waals surface area contributed by atoms with Crippen molar-refractivity contribution in [2.75, 3.05) is 18.0 Å². The molecule has 0 aromatic carbocycles. The van der Waals surface area contributed by atoms with Crippen LogP contribution in [0.3, 0.4) is 0 Å². The highest BCUT2D eigenvalue weighted by Gasteiger charge is 2.15. The average Bonchev–Trinajstić information content (AvgIpc) is 3.11. The lowest BCUT2D eigenvalue weighted by molar-refractivity contribution is 0.810. The summed E-state index contributed by atoms with van der Waals surface area (Å²) >= 11 is 5.24. The van der Waals surface area contributed by atoms with Gasteiger partial charge in [-0.2, -0.15) is 5.10 Å². The van der Waals surface area contributed by atoms with Crippen molar-refractivity contribution in [1.29, 1.82) is 0 Å². The molecule has 0 spiro atoms. The Labute approximate surface area is 123 Å². The van der Waals surface area contributed by atoms with Crippen molar-refractivity contribution in [2.45, 2.75) is 19.4 Å². The van der Waals surface area contributed by atoms with Crippen molar-refractivity contribution < 1.29 is 0 Å². The van der Waals surface area contributed by atoms with Gasteiger partial charge in [-0.15, -0.1) is 6.58 Å². The maximum atomic E-state index is 5.24. The molecule has 0 radical (unpaired) electrons. The summed E-state index contributed by atoms with van der Waals surface area (Å²) in [6.07, 6.45) is 6.15. The van der Waals surface area contributed by atoms with Gasteiger partial charge in [0.05, 0.1) is 0 Å². The minimum absolute atomic E-state index is 0.591. The summed E-state index contributed by atoms with van der Waals surface area (Å²) in [6.45, 7) is 6.61. The van der Waals surface area contributed by atoms with E-state index in [-0.39, 0.29) is 0 Å². The summed E-state index contributed by atoms with van der Waals surface area (Å²) in [6, 6.07) is 4.13. The molecule has 0 saturated carbocycles. The van der Waals surface area contributed by atoms with Crippen molar-refractivity contribution in [1.82, 2.24) is 19.7 Å². The zero-order valence-electron chi connectivity index (χ0n) is 11.2. The number of anilines is 1.